The number of nitrogens with zero attached hydrogens (tertiary/aromatic N) is 3. The average molecular weight is 385 g/mol. The molecule has 3 aromatic rings. The second kappa shape index (κ2) is 7.90. The first-order valence-corrected chi connectivity index (χ1v) is 8.96. The number of aliphatic hydroxyl groups excluding tert-OH is 1. The Labute approximate surface area is 162 Å². The molecule has 1 amide bonds. The van der Waals surface area contributed by atoms with E-state index in [-0.39, 0.29) is 18.1 Å². The summed E-state index contributed by atoms with van der Waals surface area (Å²) in [4.78, 5) is 14.0. The zero-order valence-electron chi connectivity index (χ0n) is 15.4. The molecular weight excluding hydrogens is 364 g/mol. The van der Waals surface area contributed by atoms with Crippen LogP contribution >= 0.6 is 11.6 Å². The molecule has 0 fully saturated rings. The Morgan fingerprint density at radius 1 is 1.19 bits per heavy atom. The van der Waals surface area contributed by atoms with Gasteiger partial charge in [0.15, 0.2) is 5.69 Å². The summed E-state index contributed by atoms with van der Waals surface area (Å²) < 4.78 is 0. The van der Waals surface area contributed by atoms with Crippen LogP contribution in [0, 0.1) is 20.8 Å². The topological polar surface area (TPSA) is 80.0 Å². The smallest absolute Gasteiger partial charge is 0.273 e. The Morgan fingerprint density at radius 3 is 2.67 bits per heavy atom. The molecular formula is C20H21ClN4O2. The Kier molecular flexibility index (Phi) is 5.58. The third-order valence-electron chi connectivity index (χ3n) is 4.25. The van der Waals surface area contributed by atoms with Crippen molar-refractivity contribution in [2.45, 2.75) is 26.9 Å². The molecule has 7 heteroatoms. The standard InChI is InChI=1S/C20H21ClN4O2/c1-12-7-8-17(13(2)9-12)25-23-14(3)19(24-25)20(27)22-11-18(26)15-5-4-6-16(21)10-15/h4-10,18,26H,11H2,1-3H3,(H,22,27). The molecule has 1 heterocycles. The number of nitrogens with one attached hydrogen (secondary N) is 1. The van der Waals surface area contributed by atoms with E-state index in [0.717, 1.165) is 16.8 Å². The van der Waals surface area contributed by atoms with Crippen molar-refractivity contribution in [1.29, 1.82) is 0 Å². The van der Waals surface area contributed by atoms with Crippen LogP contribution in [0.2, 0.25) is 5.02 Å². The van der Waals surface area contributed by atoms with Gasteiger partial charge < -0.3 is 10.4 Å². The molecule has 27 heavy (non-hydrogen) atoms. The van der Waals surface area contributed by atoms with Crippen LogP contribution in [0.4, 0.5) is 0 Å². The van der Waals surface area contributed by atoms with Crippen molar-refractivity contribution < 1.29 is 9.90 Å². The van der Waals surface area contributed by atoms with Crippen molar-refractivity contribution in [2.75, 3.05) is 6.54 Å². The van der Waals surface area contributed by atoms with Gasteiger partial charge in [0.05, 0.1) is 17.5 Å². The fourth-order valence-electron chi connectivity index (χ4n) is 2.83. The molecule has 2 aromatic carbocycles. The predicted molar refractivity (Wildman–Crippen MR) is 104 cm³/mol. The molecule has 140 valence electrons. The Morgan fingerprint density at radius 2 is 1.96 bits per heavy atom. The number of amides is 1. The quantitative estimate of drug-likeness (QED) is 0.707. The minimum absolute atomic E-state index is 0.0506. The van der Waals surface area contributed by atoms with Gasteiger partial charge in [0.2, 0.25) is 0 Å². The minimum Gasteiger partial charge on any atom is -0.387 e. The Hall–Kier alpha value is -2.70. The molecule has 0 aliphatic heterocycles. The lowest BCUT2D eigenvalue weighted by atomic mass is 10.1. The third kappa shape index (κ3) is 4.35. The van der Waals surface area contributed by atoms with Crippen molar-refractivity contribution >= 4 is 17.5 Å². The van der Waals surface area contributed by atoms with Crippen LogP contribution in [0.1, 0.15) is 39.0 Å². The number of rotatable bonds is 5. The number of aliphatic hydroxyl groups is 1. The van der Waals surface area contributed by atoms with E-state index in [0.29, 0.717) is 16.3 Å². The van der Waals surface area contributed by atoms with E-state index >= 15 is 0 Å². The lowest BCUT2D eigenvalue weighted by Crippen LogP contribution is -2.29. The number of hydrogen-bond donors (Lipinski definition) is 2. The number of benzene rings is 2. The molecule has 3 rings (SSSR count). The lowest BCUT2D eigenvalue weighted by Gasteiger charge is -2.12. The highest BCUT2D eigenvalue weighted by Gasteiger charge is 2.18. The summed E-state index contributed by atoms with van der Waals surface area (Å²) in [6.07, 6.45) is -0.859. The Bertz CT molecular complexity index is 984. The van der Waals surface area contributed by atoms with Crippen LogP contribution in [0.3, 0.4) is 0 Å². The number of carbonyl (C=O) groups excluding carboxylic acids is 1. The maximum atomic E-state index is 12.5. The van der Waals surface area contributed by atoms with E-state index in [1.165, 1.54) is 4.80 Å². The zero-order chi connectivity index (χ0) is 19.6. The van der Waals surface area contributed by atoms with E-state index < -0.39 is 6.10 Å². The van der Waals surface area contributed by atoms with Gasteiger partial charge in [0.1, 0.15) is 0 Å². The number of halogens is 1. The zero-order valence-corrected chi connectivity index (χ0v) is 16.2. The SMILES string of the molecule is Cc1ccc(-n2nc(C)c(C(=O)NCC(O)c3cccc(Cl)c3)n2)c(C)c1. The molecule has 0 aliphatic rings. The highest BCUT2D eigenvalue weighted by Crippen LogP contribution is 2.18. The summed E-state index contributed by atoms with van der Waals surface area (Å²) in [5.41, 5.74) is 4.37. The molecule has 0 saturated heterocycles. The fraction of sp³-hybridized carbons (Fsp3) is 0.250. The summed E-state index contributed by atoms with van der Waals surface area (Å²) in [5, 5.41) is 22.2. The summed E-state index contributed by atoms with van der Waals surface area (Å²) in [6, 6.07) is 12.8. The van der Waals surface area contributed by atoms with Crippen molar-refractivity contribution in [3.8, 4) is 5.69 Å². The summed E-state index contributed by atoms with van der Waals surface area (Å²) in [5.74, 6) is -0.385. The summed E-state index contributed by atoms with van der Waals surface area (Å²) >= 11 is 5.93. The van der Waals surface area contributed by atoms with E-state index in [1.54, 1.807) is 31.2 Å². The van der Waals surface area contributed by atoms with Gasteiger partial charge in [-0.05, 0) is 50.1 Å². The minimum atomic E-state index is -0.859. The third-order valence-corrected chi connectivity index (χ3v) is 4.49. The van der Waals surface area contributed by atoms with Crippen LogP contribution in [0.25, 0.3) is 5.69 Å². The second-order valence-corrected chi connectivity index (χ2v) is 6.93. The first-order valence-electron chi connectivity index (χ1n) is 8.58. The largest absolute Gasteiger partial charge is 0.387 e. The van der Waals surface area contributed by atoms with Crippen molar-refractivity contribution in [1.82, 2.24) is 20.3 Å². The molecule has 0 bridgehead atoms. The van der Waals surface area contributed by atoms with Crippen molar-refractivity contribution in [2.24, 2.45) is 0 Å². The van der Waals surface area contributed by atoms with Gasteiger partial charge in [-0.25, -0.2) is 0 Å². The molecule has 1 aromatic heterocycles. The number of aryl methyl sites for hydroxylation is 3. The van der Waals surface area contributed by atoms with E-state index in [1.807, 2.05) is 32.0 Å². The van der Waals surface area contributed by atoms with Gasteiger partial charge in [-0.1, -0.05) is 41.4 Å². The van der Waals surface area contributed by atoms with Gasteiger partial charge in [0, 0.05) is 11.6 Å². The maximum absolute atomic E-state index is 12.5. The molecule has 1 unspecified atom stereocenters. The number of hydrogen-bond acceptors (Lipinski definition) is 4. The van der Waals surface area contributed by atoms with Crippen LogP contribution in [0.15, 0.2) is 42.5 Å². The molecule has 0 radical (unpaired) electrons. The normalized spacial score (nSPS) is 12.0. The number of carbonyl (C=O) groups is 1. The molecule has 0 saturated carbocycles. The number of aromatic nitrogens is 3. The van der Waals surface area contributed by atoms with Crippen molar-refractivity contribution in [3.05, 3.63) is 75.6 Å². The van der Waals surface area contributed by atoms with E-state index in [2.05, 4.69) is 15.5 Å². The molecule has 2 N–H and O–H groups in total. The van der Waals surface area contributed by atoms with Crippen LogP contribution < -0.4 is 5.32 Å². The van der Waals surface area contributed by atoms with Gasteiger partial charge in [-0.15, -0.1) is 5.10 Å². The van der Waals surface area contributed by atoms with Gasteiger partial charge in [-0.3, -0.25) is 4.79 Å². The van der Waals surface area contributed by atoms with Gasteiger partial charge in [-0.2, -0.15) is 9.90 Å². The van der Waals surface area contributed by atoms with E-state index in [4.69, 9.17) is 11.6 Å². The monoisotopic (exact) mass is 384 g/mol. The first kappa shape index (κ1) is 19.1. The van der Waals surface area contributed by atoms with Crippen LogP contribution in [-0.2, 0) is 0 Å². The van der Waals surface area contributed by atoms with Crippen LogP contribution in [0.5, 0.6) is 0 Å². The summed E-state index contributed by atoms with van der Waals surface area (Å²) in [6.45, 7) is 5.77. The molecule has 6 nitrogen and oxygen atoms in total. The average Bonchev–Trinajstić information content (AvgIpc) is 3.01. The highest BCUT2D eigenvalue weighted by molar-refractivity contribution is 6.30. The van der Waals surface area contributed by atoms with Crippen LogP contribution in [-0.4, -0.2) is 32.6 Å². The summed E-state index contributed by atoms with van der Waals surface area (Å²) in [7, 11) is 0. The van der Waals surface area contributed by atoms with Crippen molar-refractivity contribution in [3.63, 3.8) is 0 Å². The first-order chi connectivity index (χ1) is 12.8. The van der Waals surface area contributed by atoms with Gasteiger partial charge >= 0.3 is 0 Å². The predicted octanol–water partition coefficient (Wildman–Crippen LogP) is 3.31. The van der Waals surface area contributed by atoms with Gasteiger partial charge in [0.25, 0.3) is 5.91 Å². The molecule has 1 atom stereocenters. The molecule has 0 spiro atoms. The van der Waals surface area contributed by atoms with E-state index in [9.17, 15) is 9.90 Å². The second-order valence-electron chi connectivity index (χ2n) is 6.49. The Balaban J connectivity index is 1.73. The molecule has 0 aliphatic carbocycles. The fourth-order valence-corrected chi connectivity index (χ4v) is 3.03. The lowest BCUT2D eigenvalue weighted by molar-refractivity contribution is 0.0910. The maximum Gasteiger partial charge on any atom is 0.273 e. The highest BCUT2D eigenvalue weighted by atomic mass is 35.5.